The van der Waals surface area contributed by atoms with Gasteiger partial charge in [0.1, 0.15) is 0 Å². The van der Waals surface area contributed by atoms with Gasteiger partial charge in [-0.05, 0) is 46.7 Å². The molecule has 1 heterocycles. The Bertz CT molecular complexity index is 421. The summed E-state index contributed by atoms with van der Waals surface area (Å²) < 4.78 is 1.03. The van der Waals surface area contributed by atoms with Gasteiger partial charge < -0.3 is 11.1 Å². The molecule has 17 heavy (non-hydrogen) atoms. The minimum atomic E-state index is 0.667. The predicted molar refractivity (Wildman–Crippen MR) is 77.8 cm³/mol. The zero-order chi connectivity index (χ0) is 12.1. The highest BCUT2D eigenvalue weighted by Gasteiger charge is 1.96. The van der Waals surface area contributed by atoms with Gasteiger partial charge in [0.25, 0.3) is 0 Å². The summed E-state index contributed by atoms with van der Waals surface area (Å²) in [7, 11) is 0. The molecular formula is C12H13IN4. The average Bonchev–Trinajstić information content (AvgIpc) is 2.34. The molecule has 0 radical (unpaired) electrons. The summed E-state index contributed by atoms with van der Waals surface area (Å²) >= 11 is 2.18. The molecule has 0 aliphatic carbocycles. The van der Waals surface area contributed by atoms with Crippen molar-refractivity contribution in [1.82, 2.24) is 9.97 Å². The second kappa shape index (κ2) is 5.81. The molecule has 3 N–H and O–H groups in total. The van der Waals surface area contributed by atoms with Crippen LogP contribution in [0.2, 0.25) is 0 Å². The van der Waals surface area contributed by atoms with Crippen LogP contribution in [0.25, 0.3) is 0 Å². The van der Waals surface area contributed by atoms with Crippen LogP contribution < -0.4 is 11.1 Å². The maximum atomic E-state index is 5.62. The monoisotopic (exact) mass is 340 g/mol. The van der Waals surface area contributed by atoms with E-state index in [4.69, 9.17) is 5.73 Å². The van der Waals surface area contributed by atoms with Gasteiger partial charge in [0.05, 0.1) is 0 Å². The largest absolute Gasteiger partial charge is 0.399 e. The second-order valence-corrected chi connectivity index (χ2v) is 4.89. The molecule has 4 nitrogen and oxygen atoms in total. The van der Waals surface area contributed by atoms with E-state index in [1.165, 1.54) is 5.56 Å². The molecule has 0 aliphatic rings. The van der Waals surface area contributed by atoms with Crippen molar-refractivity contribution < 1.29 is 0 Å². The first-order valence-electron chi connectivity index (χ1n) is 5.30. The molecule has 2 rings (SSSR count). The lowest BCUT2D eigenvalue weighted by Crippen LogP contribution is -2.07. The zero-order valence-electron chi connectivity index (χ0n) is 9.23. The SMILES string of the molecule is Nc1ccc(CCNc2ncc(I)cn2)cc1. The number of nitrogen functional groups attached to an aromatic ring is 1. The Balaban J connectivity index is 1.83. The summed E-state index contributed by atoms with van der Waals surface area (Å²) in [5.74, 6) is 0.667. The van der Waals surface area contributed by atoms with Crippen LogP contribution >= 0.6 is 22.6 Å². The number of hydrogen-bond acceptors (Lipinski definition) is 4. The van der Waals surface area contributed by atoms with E-state index in [0.29, 0.717) is 5.95 Å². The fourth-order valence-electron chi connectivity index (χ4n) is 1.41. The van der Waals surface area contributed by atoms with Crippen LogP contribution in [0.3, 0.4) is 0 Å². The second-order valence-electron chi connectivity index (χ2n) is 3.64. The Morgan fingerprint density at radius 1 is 1.12 bits per heavy atom. The Kier molecular flexibility index (Phi) is 4.13. The number of aromatic nitrogens is 2. The van der Waals surface area contributed by atoms with E-state index >= 15 is 0 Å². The van der Waals surface area contributed by atoms with Gasteiger partial charge >= 0.3 is 0 Å². The summed E-state index contributed by atoms with van der Waals surface area (Å²) in [5.41, 5.74) is 7.67. The first kappa shape index (κ1) is 12.1. The van der Waals surface area contributed by atoms with E-state index in [2.05, 4.69) is 37.9 Å². The standard InChI is InChI=1S/C12H13IN4/c13-10-7-16-12(17-8-10)15-6-5-9-1-3-11(14)4-2-9/h1-4,7-8H,5-6,14H2,(H,15,16,17). The minimum Gasteiger partial charge on any atom is -0.399 e. The van der Waals surface area contributed by atoms with Gasteiger partial charge in [-0.25, -0.2) is 9.97 Å². The Hall–Kier alpha value is -1.37. The third kappa shape index (κ3) is 3.85. The van der Waals surface area contributed by atoms with Gasteiger partial charge in [0.15, 0.2) is 0 Å². The first-order chi connectivity index (χ1) is 8.24. The highest BCUT2D eigenvalue weighted by Crippen LogP contribution is 2.07. The molecular weight excluding hydrogens is 327 g/mol. The number of hydrogen-bond donors (Lipinski definition) is 2. The summed E-state index contributed by atoms with van der Waals surface area (Å²) in [6.45, 7) is 0.810. The third-order valence-electron chi connectivity index (χ3n) is 2.30. The van der Waals surface area contributed by atoms with E-state index in [-0.39, 0.29) is 0 Å². The van der Waals surface area contributed by atoms with Crippen molar-refractivity contribution >= 4 is 34.2 Å². The third-order valence-corrected chi connectivity index (χ3v) is 2.85. The molecule has 5 heteroatoms. The van der Waals surface area contributed by atoms with Crippen LogP contribution in [0.4, 0.5) is 11.6 Å². The van der Waals surface area contributed by atoms with Gasteiger partial charge in [-0.1, -0.05) is 12.1 Å². The fourth-order valence-corrected chi connectivity index (χ4v) is 1.69. The number of halogens is 1. The molecule has 88 valence electrons. The lowest BCUT2D eigenvalue weighted by Gasteiger charge is -2.04. The maximum absolute atomic E-state index is 5.62. The number of benzene rings is 1. The van der Waals surface area contributed by atoms with Crippen LogP contribution in [0.1, 0.15) is 5.56 Å². The highest BCUT2D eigenvalue weighted by atomic mass is 127. The molecule has 0 bridgehead atoms. The number of rotatable bonds is 4. The van der Waals surface area contributed by atoms with Crippen molar-refractivity contribution in [3.05, 3.63) is 45.8 Å². The van der Waals surface area contributed by atoms with Gasteiger partial charge in [-0.3, -0.25) is 0 Å². The molecule has 0 unspecified atom stereocenters. The fraction of sp³-hybridized carbons (Fsp3) is 0.167. The van der Waals surface area contributed by atoms with E-state index < -0.39 is 0 Å². The summed E-state index contributed by atoms with van der Waals surface area (Å²) in [5, 5.41) is 3.18. The molecule has 2 aromatic rings. The van der Waals surface area contributed by atoms with Crippen molar-refractivity contribution in [2.45, 2.75) is 6.42 Å². The van der Waals surface area contributed by atoms with Crippen LogP contribution in [-0.2, 0) is 6.42 Å². The van der Waals surface area contributed by atoms with E-state index in [1.54, 1.807) is 12.4 Å². The smallest absolute Gasteiger partial charge is 0.222 e. The highest BCUT2D eigenvalue weighted by molar-refractivity contribution is 14.1. The van der Waals surface area contributed by atoms with Gasteiger partial charge in [0, 0.05) is 28.2 Å². The van der Waals surface area contributed by atoms with Crippen molar-refractivity contribution in [2.24, 2.45) is 0 Å². The quantitative estimate of drug-likeness (QED) is 0.662. The molecule has 0 fully saturated rings. The topological polar surface area (TPSA) is 63.8 Å². The lowest BCUT2D eigenvalue weighted by molar-refractivity contribution is 0.982. The van der Waals surface area contributed by atoms with Gasteiger partial charge in [0.2, 0.25) is 5.95 Å². The molecule has 0 saturated carbocycles. The summed E-state index contributed by atoms with van der Waals surface area (Å²) in [6.07, 6.45) is 4.51. The van der Waals surface area contributed by atoms with Crippen molar-refractivity contribution in [3.8, 4) is 0 Å². The van der Waals surface area contributed by atoms with Crippen molar-refractivity contribution in [3.63, 3.8) is 0 Å². The average molecular weight is 340 g/mol. The molecule has 1 aromatic heterocycles. The van der Waals surface area contributed by atoms with Gasteiger partial charge in [-0.2, -0.15) is 0 Å². The molecule has 0 aliphatic heterocycles. The van der Waals surface area contributed by atoms with Crippen LogP contribution in [0.15, 0.2) is 36.7 Å². The Labute approximate surface area is 114 Å². The minimum absolute atomic E-state index is 0.667. The zero-order valence-corrected chi connectivity index (χ0v) is 11.4. The van der Waals surface area contributed by atoms with Crippen molar-refractivity contribution in [1.29, 1.82) is 0 Å². The maximum Gasteiger partial charge on any atom is 0.222 e. The van der Waals surface area contributed by atoms with Crippen molar-refractivity contribution in [2.75, 3.05) is 17.6 Å². The number of nitrogens with two attached hydrogens (primary N) is 1. The number of nitrogens with one attached hydrogen (secondary N) is 1. The summed E-state index contributed by atoms with van der Waals surface area (Å²) in [4.78, 5) is 8.35. The Morgan fingerprint density at radius 2 is 1.76 bits per heavy atom. The molecule has 0 atom stereocenters. The summed E-state index contributed by atoms with van der Waals surface area (Å²) in [6, 6.07) is 7.89. The number of anilines is 2. The molecule has 0 saturated heterocycles. The lowest BCUT2D eigenvalue weighted by atomic mass is 10.1. The first-order valence-corrected chi connectivity index (χ1v) is 6.38. The van der Waals surface area contributed by atoms with Crippen LogP contribution in [0, 0.1) is 3.57 Å². The van der Waals surface area contributed by atoms with Crippen LogP contribution in [0.5, 0.6) is 0 Å². The molecule has 0 spiro atoms. The van der Waals surface area contributed by atoms with E-state index in [1.807, 2.05) is 24.3 Å². The predicted octanol–water partition coefficient (Wildman–Crippen LogP) is 2.32. The van der Waals surface area contributed by atoms with Gasteiger partial charge in [-0.15, -0.1) is 0 Å². The van der Waals surface area contributed by atoms with E-state index in [9.17, 15) is 0 Å². The normalized spacial score (nSPS) is 10.2. The number of nitrogens with zero attached hydrogens (tertiary/aromatic N) is 2. The van der Waals surface area contributed by atoms with E-state index in [0.717, 1.165) is 22.2 Å². The van der Waals surface area contributed by atoms with Crippen LogP contribution in [-0.4, -0.2) is 16.5 Å². The molecule has 0 amide bonds. The Morgan fingerprint density at radius 3 is 2.41 bits per heavy atom. The molecule has 1 aromatic carbocycles.